The molecule has 1 amide bonds. The number of rotatable bonds is 5. The maximum Gasteiger partial charge on any atom is 0.303 e. The molecule has 0 bridgehead atoms. The highest BCUT2D eigenvalue weighted by molar-refractivity contribution is 7.90. The summed E-state index contributed by atoms with van der Waals surface area (Å²) in [5.74, 6) is -0.679. The third-order valence-corrected chi connectivity index (χ3v) is 5.73. The Morgan fingerprint density at radius 2 is 2.03 bits per heavy atom. The van der Waals surface area contributed by atoms with Crippen LogP contribution in [0.2, 0.25) is 0 Å². The highest BCUT2D eigenvalue weighted by atomic mass is 32.2. The molecule has 0 radical (unpaired) electrons. The maximum atomic E-state index is 13.0. The molecule has 1 aliphatic rings. The quantitative estimate of drug-likeness (QED) is 0.374. The van der Waals surface area contributed by atoms with Crippen LogP contribution in [0.5, 0.6) is 0 Å². The average Bonchev–Trinajstić information content (AvgIpc) is 3.01. The van der Waals surface area contributed by atoms with Crippen LogP contribution in [-0.2, 0) is 14.8 Å². The summed E-state index contributed by atoms with van der Waals surface area (Å²) in [6.07, 6.45) is -2.88. The van der Waals surface area contributed by atoms with Gasteiger partial charge in [-0.05, 0) is 18.2 Å². The normalized spacial score (nSPS) is 24.4. The first kappa shape index (κ1) is 22.8. The lowest BCUT2D eigenvalue weighted by Crippen LogP contribution is -2.37. The fourth-order valence-corrected chi connectivity index (χ4v) is 4.02. The molecule has 1 aliphatic heterocycles. The van der Waals surface area contributed by atoms with E-state index in [9.17, 15) is 28.5 Å². The smallest absolute Gasteiger partial charge is 0.303 e. The van der Waals surface area contributed by atoms with Gasteiger partial charge >= 0.3 is 10.0 Å². The number of nitrogens with zero attached hydrogens (tertiary/aromatic N) is 5. The van der Waals surface area contributed by atoms with E-state index in [1.807, 2.05) is 0 Å². The first-order valence-electron chi connectivity index (χ1n) is 9.01. The van der Waals surface area contributed by atoms with Crippen LogP contribution >= 0.6 is 0 Å². The molecular weight excluding hydrogens is 432 g/mol. The number of aliphatic hydroxyl groups excluding tert-OH is 3. The molecule has 3 rings (SSSR count). The number of pyridine rings is 1. The average molecular weight is 454 g/mol. The zero-order chi connectivity index (χ0) is 22.9. The Kier molecular flexibility index (Phi) is 6.38. The molecule has 0 aliphatic carbocycles. The number of ether oxygens (including phenoxy) is 1. The van der Waals surface area contributed by atoms with Crippen LogP contribution in [0.3, 0.4) is 0 Å². The van der Waals surface area contributed by atoms with Crippen molar-refractivity contribution in [3.05, 3.63) is 41.8 Å². The number of sulfonamides is 1. The van der Waals surface area contributed by atoms with Crippen molar-refractivity contribution in [1.82, 2.24) is 19.4 Å². The number of hydrogen-bond acceptors (Lipinski definition) is 10. The van der Waals surface area contributed by atoms with Crippen LogP contribution in [0.4, 0.5) is 5.82 Å². The summed E-state index contributed by atoms with van der Waals surface area (Å²) in [6, 6.07) is 4.01. The predicted molar refractivity (Wildman–Crippen MR) is 105 cm³/mol. The maximum absolute atomic E-state index is 13.0. The topological polar surface area (TPSA) is 193 Å². The van der Waals surface area contributed by atoms with Crippen LogP contribution in [0.1, 0.15) is 16.6 Å². The Balaban J connectivity index is 2.15. The minimum Gasteiger partial charge on any atom is -0.394 e. The lowest BCUT2D eigenvalue weighted by atomic mass is 10.1. The van der Waals surface area contributed by atoms with Crippen LogP contribution in [-0.4, -0.2) is 88.1 Å². The van der Waals surface area contributed by atoms with E-state index in [4.69, 9.17) is 10.5 Å². The summed E-state index contributed by atoms with van der Waals surface area (Å²) in [6.45, 7) is -0.577. The highest BCUT2D eigenvalue weighted by Gasteiger charge is 2.43. The van der Waals surface area contributed by atoms with Crippen molar-refractivity contribution < 1.29 is 33.3 Å². The number of amides is 1. The van der Waals surface area contributed by atoms with Crippen molar-refractivity contribution in [1.29, 1.82) is 0 Å². The van der Waals surface area contributed by atoms with Crippen molar-refractivity contribution in [2.24, 2.45) is 4.40 Å². The van der Waals surface area contributed by atoms with Gasteiger partial charge in [0.25, 0.3) is 5.91 Å². The monoisotopic (exact) mass is 454 g/mol. The summed E-state index contributed by atoms with van der Waals surface area (Å²) >= 11 is 0. The molecule has 31 heavy (non-hydrogen) atoms. The number of nitrogens with two attached hydrogens (primary N) is 1. The molecule has 168 valence electrons. The molecule has 1 saturated heterocycles. The van der Waals surface area contributed by atoms with E-state index in [0.29, 0.717) is 0 Å². The van der Waals surface area contributed by atoms with Crippen molar-refractivity contribution >= 4 is 21.7 Å². The first-order valence-corrected chi connectivity index (χ1v) is 10.5. The zero-order valence-corrected chi connectivity index (χ0v) is 17.4. The van der Waals surface area contributed by atoms with Gasteiger partial charge in [-0.25, -0.2) is 4.98 Å². The lowest BCUT2D eigenvalue weighted by molar-refractivity contribution is -0.0552. The number of carbonyl (C=O) groups excluding carboxylic acids is 1. The number of nitrogen functional groups attached to an aromatic ring is 1. The van der Waals surface area contributed by atoms with Gasteiger partial charge in [0.15, 0.2) is 11.3 Å². The van der Waals surface area contributed by atoms with Crippen molar-refractivity contribution in [3.8, 4) is 0 Å². The Morgan fingerprint density at radius 3 is 2.65 bits per heavy atom. The van der Waals surface area contributed by atoms with Gasteiger partial charge in [-0.2, -0.15) is 13.4 Å². The number of aliphatic hydroxyl groups is 3. The van der Waals surface area contributed by atoms with E-state index in [-0.39, 0.29) is 11.4 Å². The Morgan fingerprint density at radius 1 is 1.32 bits per heavy atom. The van der Waals surface area contributed by atoms with Gasteiger partial charge in [-0.3, -0.25) is 9.36 Å². The van der Waals surface area contributed by atoms with Gasteiger partial charge in [0.05, 0.1) is 12.2 Å². The minimum atomic E-state index is -4.56. The van der Waals surface area contributed by atoms with Gasteiger partial charge in [-0.1, -0.05) is 0 Å². The summed E-state index contributed by atoms with van der Waals surface area (Å²) in [5, 5.41) is 29.0. The van der Waals surface area contributed by atoms with E-state index >= 15 is 0 Å². The highest BCUT2D eigenvalue weighted by Crippen LogP contribution is 2.28. The van der Waals surface area contributed by atoms with Gasteiger partial charge < -0.3 is 30.7 Å². The van der Waals surface area contributed by atoms with Gasteiger partial charge in [0.2, 0.25) is 5.62 Å². The second kappa shape index (κ2) is 8.68. The van der Waals surface area contributed by atoms with Crippen LogP contribution in [0.25, 0.3) is 0 Å². The molecule has 4 atom stereocenters. The molecule has 0 saturated carbocycles. The fraction of sp³-hybridized carbons (Fsp3) is 0.412. The first-order chi connectivity index (χ1) is 14.6. The molecular formula is C17H22N6O7S. The summed E-state index contributed by atoms with van der Waals surface area (Å²) in [7, 11) is -1.65. The number of aromatic nitrogens is 3. The number of carbonyl (C=O) groups is 1. The minimum absolute atomic E-state index is 0.0810. The van der Waals surface area contributed by atoms with Crippen molar-refractivity contribution in [2.75, 3.05) is 26.4 Å². The number of hydrogen-bond donors (Lipinski definition) is 4. The van der Waals surface area contributed by atoms with E-state index in [1.165, 1.54) is 49.6 Å². The predicted octanol–water partition coefficient (Wildman–Crippen LogP) is -2.54. The molecule has 13 nitrogen and oxygen atoms in total. The molecule has 3 heterocycles. The molecule has 0 unspecified atom stereocenters. The summed E-state index contributed by atoms with van der Waals surface area (Å²) < 4.78 is 36.1. The third-order valence-electron chi connectivity index (χ3n) is 4.51. The van der Waals surface area contributed by atoms with Crippen molar-refractivity contribution in [3.63, 3.8) is 0 Å². The SMILES string of the molecule is CN(C)C(=O)c1cccnc1S(=O)(=O)/N=c1\nc(N)ccn1[C@@H]1O[C@H](CO)[C@@H](O)[C@@H]1O. The molecule has 1 fully saturated rings. The van der Waals surface area contributed by atoms with Crippen LogP contribution < -0.4 is 11.4 Å². The molecule has 0 aromatic carbocycles. The molecule has 14 heteroatoms. The zero-order valence-electron chi connectivity index (χ0n) is 16.6. The lowest BCUT2D eigenvalue weighted by Gasteiger charge is -2.18. The van der Waals surface area contributed by atoms with Crippen LogP contribution in [0.15, 0.2) is 40.0 Å². The Bertz CT molecular complexity index is 1150. The van der Waals surface area contributed by atoms with Gasteiger partial charge in [0, 0.05) is 26.5 Å². The second-order valence-corrected chi connectivity index (χ2v) is 8.43. The standard InChI is InChI=1S/C17H22N6O7S/c1-22(2)15(27)9-4-3-6-19-14(9)31(28,29)21-17-20-11(18)5-7-23(17)16-13(26)12(25)10(8-24)30-16/h3-7,10,12-13,16,24-26H,8H2,1-2H3,(H2,18,20,21)/t10-,12-,13+,16-/m1/s1. The van der Waals surface area contributed by atoms with E-state index in [2.05, 4.69) is 14.4 Å². The number of anilines is 1. The second-order valence-electron chi connectivity index (χ2n) is 6.91. The van der Waals surface area contributed by atoms with Gasteiger partial charge in [-0.15, -0.1) is 4.40 Å². The van der Waals surface area contributed by atoms with Gasteiger partial charge in [0.1, 0.15) is 24.1 Å². The largest absolute Gasteiger partial charge is 0.394 e. The Labute approximate surface area is 177 Å². The van der Waals surface area contributed by atoms with E-state index in [0.717, 1.165) is 4.57 Å². The molecule has 5 N–H and O–H groups in total. The van der Waals surface area contributed by atoms with E-state index < -0.39 is 57.7 Å². The summed E-state index contributed by atoms with van der Waals surface area (Å²) in [5.41, 5.74) is 4.99. The summed E-state index contributed by atoms with van der Waals surface area (Å²) in [4.78, 5) is 21.3. The van der Waals surface area contributed by atoms with Crippen molar-refractivity contribution in [2.45, 2.75) is 29.6 Å². The molecule has 0 spiro atoms. The molecule has 2 aromatic heterocycles. The van der Waals surface area contributed by atoms with E-state index in [1.54, 1.807) is 0 Å². The third kappa shape index (κ3) is 4.42. The molecule has 2 aromatic rings. The Hall–Kier alpha value is -2.91. The fourth-order valence-electron chi connectivity index (χ4n) is 2.96. The van der Waals surface area contributed by atoms with Crippen LogP contribution in [0, 0.1) is 0 Å².